The summed E-state index contributed by atoms with van der Waals surface area (Å²) in [6.45, 7) is 0. The van der Waals surface area contributed by atoms with Gasteiger partial charge in [0.25, 0.3) is 0 Å². The van der Waals surface area contributed by atoms with Gasteiger partial charge in [0.2, 0.25) is 0 Å². The quantitative estimate of drug-likeness (QED) is 0.409. The first-order valence-corrected chi connectivity index (χ1v) is 4.48. The molecular formula is C6H3F3S2. The molecule has 0 saturated heterocycles. The molecule has 0 fully saturated rings. The van der Waals surface area contributed by atoms with Crippen molar-refractivity contribution >= 4 is 22.5 Å². The maximum atomic E-state index is 12.6. The van der Waals surface area contributed by atoms with Gasteiger partial charge in [0.15, 0.2) is 11.6 Å². The van der Waals surface area contributed by atoms with Crippen LogP contribution in [0.3, 0.4) is 0 Å². The van der Waals surface area contributed by atoms with E-state index in [2.05, 4.69) is 11.7 Å². The zero-order chi connectivity index (χ0) is 8.43. The van der Waals surface area contributed by atoms with E-state index in [0.29, 0.717) is 6.07 Å². The molecule has 0 spiro atoms. The third-order valence-electron chi connectivity index (χ3n) is 1.07. The summed E-state index contributed by atoms with van der Waals surface area (Å²) in [7, 11) is 0.731. The predicted octanol–water partition coefficient (Wildman–Crippen LogP) is 3.04. The summed E-state index contributed by atoms with van der Waals surface area (Å²) in [6.07, 6.45) is 0. The Hall–Kier alpha value is -0.290. The Morgan fingerprint density at radius 2 is 1.55 bits per heavy atom. The van der Waals surface area contributed by atoms with E-state index in [9.17, 15) is 13.2 Å². The molecule has 60 valence electrons. The van der Waals surface area contributed by atoms with Crippen LogP contribution >= 0.6 is 22.5 Å². The minimum absolute atomic E-state index is 0.0211. The average Bonchev–Trinajstić information content (AvgIpc) is 1.97. The summed E-state index contributed by atoms with van der Waals surface area (Å²) in [4.78, 5) is -0.0211. The lowest BCUT2D eigenvalue weighted by Crippen LogP contribution is -1.87. The summed E-state index contributed by atoms with van der Waals surface area (Å²) in [5.41, 5.74) is 0. The summed E-state index contributed by atoms with van der Waals surface area (Å²) in [5.74, 6) is -3.06. The van der Waals surface area contributed by atoms with Gasteiger partial charge in [0, 0.05) is 6.07 Å². The highest BCUT2D eigenvalue weighted by molar-refractivity contribution is 8.68. The zero-order valence-electron chi connectivity index (χ0n) is 5.14. The van der Waals surface area contributed by atoms with Crippen molar-refractivity contribution in [2.75, 3.05) is 0 Å². The van der Waals surface area contributed by atoms with Crippen molar-refractivity contribution in [1.82, 2.24) is 0 Å². The molecule has 0 bridgehead atoms. The molecule has 0 aliphatic heterocycles. The Morgan fingerprint density at radius 1 is 1.00 bits per heavy atom. The van der Waals surface area contributed by atoms with Crippen LogP contribution in [0.25, 0.3) is 0 Å². The summed E-state index contributed by atoms with van der Waals surface area (Å²) < 4.78 is 37.2. The van der Waals surface area contributed by atoms with Gasteiger partial charge in [-0.05, 0) is 6.07 Å². The van der Waals surface area contributed by atoms with Gasteiger partial charge in [-0.3, -0.25) is 0 Å². The molecule has 0 N–H and O–H groups in total. The fourth-order valence-electron chi connectivity index (χ4n) is 0.574. The van der Waals surface area contributed by atoms with Gasteiger partial charge in [-0.25, -0.2) is 13.2 Å². The highest BCUT2D eigenvalue weighted by Crippen LogP contribution is 2.26. The highest BCUT2D eigenvalue weighted by atomic mass is 33.1. The lowest BCUT2D eigenvalue weighted by atomic mass is 10.3. The summed E-state index contributed by atoms with van der Waals surface area (Å²) in [5, 5.41) is 0. The molecule has 0 unspecified atom stereocenters. The topological polar surface area (TPSA) is 0 Å². The molecule has 0 saturated carbocycles. The van der Waals surface area contributed by atoms with Crippen molar-refractivity contribution in [2.45, 2.75) is 4.90 Å². The van der Waals surface area contributed by atoms with E-state index in [1.54, 1.807) is 0 Å². The fourth-order valence-corrected chi connectivity index (χ4v) is 1.30. The second-order valence-corrected chi connectivity index (χ2v) is 2.96. The standard InChI is InChI=1S/C6H3F3S2/c7-3-1-5(9)6(11-10)2-4(3)8/h1-2,10H. The Kier molecular flexibility index (Phi) is 2.72. The number of thiol groups is 1. The molecular weight excluding hydrogens is 193 g/mol. The van der Waals surface area contributed by atoms with Gasteiger partial charge in [0.05, 0.1) is 4.90 Å². The minimum atomic E-state index is -1.19. The van der Waals surface area contributed by atoms with Crippen LogP contribution in [0.1, 0.15) is 0 Å². The second-order valence-electron chi connectivity index (χ2n) is 1.79. The normalized spacial score (nSPS) is 10.2. The van der Waals surface area contributed by atoms with Crippen molar-refractivity contribution < 1.29 is 13.2 Å². The van der Waals surface area contributed by atoms with Crippen molar-refractivity contribution in [3.8, 4) is 0 Å². The number of rotatable bonds is 1. The predicted molar refractivity (Wildman–Crippen MR) is 41.2 cm³/mol. The molecule has 0 radical (unpaired) electrons. The Labute approximate surface area is 70.6 Å². The summed E-state index contributed by atoms with van der Waals surface area (Å²) >= 11 is 3.65. The molecule has 0 aliphatic carbocycles. The van der Waals surface area contributed by atoms with E-state index < -0.39 is 17.5 Å². The smallest absolute Gasteiger partial charge is 0.161 e. The Bertz CT molecular complexity index is 275. The van der Waals surface area contributed by atoms with Crippen LogP contribution in [0.15, 0.2) is 17.0 Å². The highest BCUT2D eigenvalue weighted by Gasteiger charge is 2.08. The van der Waals surface area contributed by atoms with Gasteiger partial charge in [-0.1, -0.05) is 10.8 Å². The number of hydrogen-bond acceptors (Lipinski definition) is 2. The van der Waals surface area contributed by atoms with Crippen LogP contribution in [0.2, 0.25) is 0 Å². The van der Waals surface area contributed by atoms with Crippen LogP contribution in [0.4, 0.5) is 13.2 Å². The minimum Gasteiger partial charge on any atom is -0.206 e. The lowest BCUT2D eigenvalue weighted by Gasteiger charge is -1.98. The summed E-state index contributed by atoms with van der Waals surface area (Å²) in [6, 6.07) is 1.26. The molecule has 11 heavy (non-hydrogen) atoms. The molecule has 0 aliphatic rings. The molecule has 1 aromatic carbocycles. The Morgan fingerprint density at radius 3 is 2.09 bits per heavy atom. The third-order valence-corrected chi connectivity index (χ3v) is 2.17. The average molecular weight is 196 g/mol. The number of halogens is 3. The maximum Gasteiger partial charge on any atom is 0.161 e. The van der Waals surface area contributed by atoms with E-state index in [-0.39, 0.29) is 4.90 Å². The van der Waals surface area contributed by atoms with Gasteiger partial charge < -0.3 is 0 Å². The van der Waals surface area contributed by atoms with Crippen molar-refractivity contribution in [3.05, 3.63) is 29.6 Å². The molecule has 1 rings (SSSR count). The maximum absolute atomic E-state index is 12.6. The van der Waals surface area contributed by atoms with Crippen LogP contribution in [0, 0.1) is 17.5 Å². The molecule has 5 heteroatoms. The molecule has 0 atom stereocenters. The molecule has 0 nitrogen and oxygen atoms in total. The molecule has 0 heterocycles. The number of benzene rings is 1. The fraction of sp³-hybridized carbons (Fsp3) is 0. The van der Waals surface area contributed by atoms with E-state index in [1.165, 1.54) is 0 Å². The largest absolute Gasteiger partial charge is 0.206 e. The van der Waals surface area contributed by atoms with Gasteiger partial charge in [-0.15, -0.1) is 11.7 Å². The molecule has 0 aromatic heterocycles. The first kappa shape index (κ1) is 8.80. The number of hydrogen-bond donors (Lipinski definition) is 1. The van der Waals surface area contributed by atoms with Crippen molar-refractivity contribution in [2.24, 2.45) is 0 Å². The molecule has 0 amide bonds. The first-order valence-electron chi connectivity index (χ1n) is 2.61. The van der Waals surface area contributed by atoms with Crippen LogP contribution in [0.5, 0.6) is 0 Å². The second kappa shape index (κ2) is 3.40. The monoisotopic (exact) mass is 196 g/mol. The third kappa shape index (κ3) is 1.84. The first-order chi connectivity index (χ1) is 5.15. The van der Waals surface area contributed by atoms with Crippen LogP contribution in [-0.4, -0.2) is 0 Å². The van der Waals surface area contributed by atoms with Gasteiger partial charge in [-0.2, -0.15) is 0 Å². The van der Waals surface area contributed by atoms with Crippen molar-refractivity contribution in [3.63, 3.8) is 0 Å². The van der Waals surface area contributed by atoms with E-state index in [1.807, 2.05) is 0 Å². The van der Waals surface area contributed by atoms with E-state index in [0.717, 1.165) is 16.9 Å². The van der Waals surface area contributed by atoms with Crippen LogP contribution < -0.4 is 0 Å². The van der Waals surface area contributed by atoms with E-state index >= 15 is 0 Å². The van der Waals surface area contributed by atoms with Crippen molar-refractivity contribution in [1.29, 1.82) is 0 Å². The van der Waals surface area contributed by atoms with Crippen LogP contribution in [-0.2, 0) is 0 Å². The van der Waals surface area contributed by atoms with E-state index in [4.69, 9.17) is 0 Å². The van der Waals surface area contributed by atoms with Gasteiger partial charge >= 0.3 is 0 Å². The zero-order valence-corrected chi connectivity index (χ0v) is 6.85. The Balaban J connectivity index is 3.21. The SMILES string of the molecule is Fc1cc(F)c(SS)cc1F. The van der Waals surface area contributed by atoms with Gasteiger partial charge in [0.1, 0.15) is 5.82 Å². The lowest BCUT2D eigenvalue weighted by molar-refractivity contribution is 0.486. The molecule has 1 aromatic rings.